The molecule has 0 amide bonds. The maximum atomic E-state index is 13.3. The third-order valence-electron chi connectivity index (χ3n) is 4.12. The molecule has 0 radical (unpaired) electrons. The molecule has 0 fully saturated rings. The lowest BCUT2D eigenvalue weighted by Gasteiger charge is -2.31. The molecule has 0 atom stereocenters. The third kappa shape index (κ3) is 3.92. The van der Waals surface area contributed by atoms with Crippen molar-refractivity contribution in [2.24, 2.45) is 0 Å². The number of carbonyl (C=O) groups is 1. The van der Waals surface area contributed by atoms with Crippen molar-refractivity contribution < 1.29 is 13.9 Å². The normalized spacial score (nSPS) is 13.8. The number of ether oxygens (including phenoxy) is 1. The first-order chi connectivity index (χ1) is 13.0. The van der Waals surface area contributed by atoms with Gasteiger partial charge in [-0.25, -0.2) is 9.37 Å². The first-order valence-corrected chi connectivity index (χ1v) is 8.56. The van der Waals surface area contributed by atoms with Crippen LogP contribution in [0.4, 0.5) is 10.1 Å². The van der Waals surface area contributed by atoms with Crippen LogP contribution in [-0.2, 0) is 4.79 Å². The SMILES string of the molecule is CCN1C=C(Nc2cccnc2OC)C(C(C)=O)=C(c2ccc(F)cc2)N1. The largest absolute Gasteiger partial charge is 0.480 e. The standard InChI is InChI=1S/C20H21FN4O2/c1-4-25-12-17(23-16-6-5-11-22-20(16)27-3)18(13(2)26)19(24-25)14-7-9-15(21)10-8-14/h5-12,23-24H,4H2,1-3H3. The number of methoxy groups -OCH3 is 1. The highest BCUT2D eigenvalue weighted by Gasteiger charge is 2.25. The molecule has 6 nitrogen and oxygen atoms in total. The van der Waals surface area contributed by atoms with Crippen LogP contribution >= 0.6 is 0 Å². The van der Waals surface area contributed by atoms with E-state index in [4.69, 9.17) is 4.74 Å². The van der Waals surface area contributed by atoms with E-state index in [0.29, 0.717) is 40.6 Å². The molecule has 3 rings (SSSR count). The Morgan fingerprint density at radius 2 is 2.04 bits per heavy atom. The fourth-order valence-corrected chi connectivity index (χ4v) is 2.84. The highest BCUT2D eigenvalue weighted by atomic mass is 19.1. The second-order valence-electron chi connectivity index (χ2n) is 5.94. The van der Waals surface area contributed by atoms with Crippen LogP contribution in [0.25, 0.3) is 5.70 Å². The van der Waals surface area contributed by atoms with Gasteiger partial charge in [0, 0.05) is 24.5 Å². The molecule has 0 bridgehead atoms. The Labute approximate surface area is 157 Å². The van der Waals surface area contributed by atoms with Gasteiger partial charge in [0.2, 0.25) is 5.88 Å². The molecule has 0 saturated heterocycles. The minimum atomic E-state index is -0.333. The highest BCUT2D eigenvalue weighted by Crippen LogP contribution is 2.30. The number of aromatic nitrogens is 1. The number of carbonyl (C=O) groups excluding carboxylic acids is 1. The fraction of sp³-hybridized carbons (Fsp3) is 0.200. The Morgan fingerprint density at radius 1 is 1.30 bits per heavy atom. The molecule has 0 spiro atoms. The zero-order valence-corrected chi connectivity index (χ0v) is 15.4. The zero-order valence-electron chi connectivity index (χ0n) is 15.4. The van der Waals surface area contributed by atoms with Crippen molar-refractivity contribution in [1.82, 2.24) is 15.4 Å². The number of nitrogens with one attached hydrogen (secondary N) is 2. The van der Waals surface area contributed by atoms with Crippen LogP contribution < -0.4 is 15.5 Å². The van der Waals surface area contributed by atoms with Crippen molar-refractivity contribution in [3.8, 4) is 5.88 Å². The quantitative estimate of drug-likeness (QED) is 0.815. The minimum Gasteiger partial charge on any atom is -0.480 e. The number of nitrogens with zero attached hydrogens (tertiary/aromatic N) is 2. The number of rotatable bonds is 6. The van der Waals surface area contributed by atoms with Crippen LogP contribution in [0, 0.1) is 5.82 Å². The Morgan fingerprint density at radius 3 is 2.67 bits per heavy atom. The minimum absolute atomic E-state index is 0.126. The van der Waals surface area contributed by atoms with Crippen molar-refractivity contribution in [2.45, 2.75) is 13.8 Å². The second-order valence-corrected chi connectivity index (χ2v) is 5.94. The predicted octanol–water partition coefficient (Wildman–Crippen LogP) is 3.32. The molecule has 0 saturated carbocycles. The molecule has 0 unspecified atom stereocenters. The summed E-state index contributed by atoms with van der Waals surface area (Å²) < 4.78 is 18.6. The van der Waals surface area contributed by atoms with E-state index in [1.165, 1.54) is 26.2 Å². The number of halogens is 1. The van der Waals surface area contributed by atoms with Crippen molar-refractivity contribution in [1.29, 1.82) is 0 Å². The molecule has 1 aliphatic heterocycles. The van der Waals surface area contributed by atoms with Crippen molar-refractivity contribution >= 4 is 17.2 Å². The molecule has 0 aliphatic carbocycles. The zero-order chi connectivity index (χ0) is 19.4. The Hall–Kier alpha value is -3.35. The van der Waals surface area contributed by atoms with Crippen LogP contribution in [-0.4, -0.2) is 29.4 Å². The summed E-state index contributed by atoms with van der Waals surface area (Å²) in [6.45, 7) is 4.14. The molecule has 2 N–H and O–H groups in total. The van der Waals surface area contributed by atoms with Crippen molar-refractivity contribution in [2.75, 3.05) is 19.0 Å². The molecule has 2 aromatic rings. The summed E-state index contributed by atoms with van der Waals surface area (Å²) in [7, 11) is 1.54. The van der Waals surface area contributed by atoms with E-state index < -0.39 is 0 Å². The van der Waals surface area contributed by atoms with Crippen LogP contribution in [0.1, 0.15) is 19.4 Å². The first kappa shape index (κ1) is 18.4. The second kappa shape index (κ2) is 7.90. The van der Waals surface area contributed by atoms with E-state index in [1.807, 2.05) is 24.2 Å². The number of benzene rings is 1. The molecular formula is C20H21FN4O2. The van der Waals surface area contributed by atoms with Gasteiger partial charge in [-0.05, 0) is 50.2 Å². The van der Waals surface area contributed by atoms with Gasteiger partial charge in [0.1, 0.15) is 11.5 Å². The summed E-state index contributed by atoms with van der Waals surface area (Å²) in [5, 5.41) is 5.09. The molecule has 7 heteroatoms. The van der Waals surface area contributed by atoms with Crippen LogP contribution in [0.5, 0.6) is 5.88 Å². The predicted molar refractivity (Wildman–Crippen MR) is 102 cm³/mol. The van der Waals surface area contributed by atoms with Gasteiger partial charge in [-0.15, -0.1) is 0 Å². The summed E-state index contributed by atoms with van der Waals surface area (Å²) in [4.78, 5) is 16.7. The number of Topliss-reactive ketones (excluding diaryl/α,β-unsaturated/α-hetero) is 1. The highest BCUT2D eigenvalue weighted by molar-refractivity contribution is 6.06. The van der Waals surface area contributed by atoms with Crippen LogP contribution in [0.2, 0.25) is 0 Å². The van der Waals surface area contributed by atoms with Gasteiger partial charge >= 0.3 is 0 Å². The van der Waals surface area contributed by atoms with Gasteiger partial charge in [0.05, 0.1) is 24.1 Å². The topological polar surface area (TPSA) is 66.5 Å². The summed E-state index contributed by atoms with van der Waals surface area (Å²) in [5.74, 6) is -0.0359. The van der Waals surface area contributed by atoms with E-state index in [9.17, 15) is 9.18 Å². The van der Waals surface area contributed by atoms with Crippen molar-refractivity contribution in [3.63, 3.8) is 0 Å². The maximum Gasteiger partial charge on any atom is 0.237 e. The number of pyridine rings is 1. The molecule has 27 heavy (non-hydrogen) atoms. The molecule has 140 valence electrons. The van der Waals surface area contributed by atoms with E-state index in [0.717, 1.165) is 0 Å². The van der Waals surface area contributed by atoms with Gasteiger partial charge in [-0.1, -0.05) is 0 Å². The first-order valence-electron chi connectivity index (χ1n) is 8.56. The average Bonchev–Trinajstić information content (AvgIpc) is 2.68. The van der Waals surface area contributed by atoms with Gasteiger partial charge in [0.15, 0.2) is 5.78 Å². The van der Waals surface area contributed by atoms with Gasteiger partial charge in [0.25, 0.3) is 0 Å². The summed E-state index contributed by atoms with van der Waals surface area (Å²) in [6, 6.07) is 9.62. The summed E-state index contributed by atoms with van der Waals surface area (Å²) in [6.07, 6.45) is 3.45. The Bertz CT molecular complexity index is 906. The number of hydrogen-bond donors (Lipinski definition) is 2. The molecule has 1 aliphatic rings. The van der Waals surface area contributed by atoms with Gasteiger partial charge < -0.3 is 10.1 Å². The number of allylic oxidation sites excluding steroid dienone is 1. The van der Waals surface area contributed by atoms with Crippen LogP contribution in [0.15, 0.2) is 60.1 Å². The molecular weight excluding hydrogens is 347 g/mol. The van der Waals surface area contributed by atoms with E-state index >= 15 is 0 Å². The van der Waals surface area contributed by atoms with Crippen molar-refractivity contribution in [3.05, 3.63) is 71.4 Å². The van der Waals surface area contributed by atoms with Gasteiger partial charge in [-0.3, -0.25) is 15.2 Å². The van der Waals surface area contributed by atoms with Gasteiger partial charge in [-0.2, -0.15) is 0 Å². The lowest BCUT2D eigenvalue weighted by molar-refractivity contribution is -0.113. The lowest BCUT2D eigenvalue weighted by atomic mass is 9.99. The molecule has 1 aromatic heterocycles. The van der Waals surface area contributed by atoms with E-state index in [-0.39, 0.29) is 11.6 Å². The third-order valence-corrected chi connectivity index (χ3v) is 4.12. The number of hydrogen-bond acceptors (Lipinski definition) is 6. The summed E-state index contributed by atoms with van der Waals surface area (Å²) in [5.41, 5.74) is 6.26. The molecule has 1 aromatic carbocycles. The monoisotopic (exact) mass is 368 g/mol. The Balaban J connectivity index is 2.09. The average molecular weight is 368 g/mol. The van der Waals surface area contributed by atoms with E-state index in [2.05, 4.69) is 15.7 Å². The summed E-state index contributed by atoms with van der Waals surface area (Å²) >= 11 is 0. The number of ketones is 1. The lowest BCUT2D eigenvalue weighted by Crippen LogP contribution is -2.38. The number of hydrazine groups is 1. The molecule has 2 heterocycles. The van der Waals surface area contributed by atoms with E-state index in [1.54, 1.807) is 24.4 Å². The number of anilines is 1. The fourth-order valence-electron chi connectivity index (χ4n) is 2.84. The Kier molecular flexibility index (Phi) is 5.40. The smallest absolute Gasteiger partial charge is 0.237 e. The van der Waals surface area contributed by atoms with Crippen LogP contribution in [0.3, 0.4) is 0 Å². The maximum absolute atomic E-state index is 13.3.